The number of ether oxygens (including phenoxy) is 2. The van der Waals surface area contributed by atoms with Crippen LogP contribution in [0.4, 0.5) is 0 Å². The molecule has 2 saturated heterocycles. The van der Waals surface area contributed by atoms with Gasteiger partial charge in [0.15, 0.2) is 0 Å². The molecule has 0 saturated carbocycles. The number of hydrogen-bond donors (Lipinski definition) is 1. The van der Waals surface area contributed by atoms with Gasteiger partial charge in [-0.3, -0.25) is 9.59 Å². The van der Waals surface area contributed by atoms with Crippen LogP contribution in [0.2, 0.25) is 0 Å². The summed E-state index contributed by atoms with van der Waals surface area (Å²) >= 11 is 0. The molecule has 1 aromatic rings. The second-order valence-corrected chi connectivity index (χ2v) is 7.30. The molecule has 1 aromatic carbocycles. The number of amides is 2. The van der Waals surface area contributed by atoms with E-state index in [1.165, 1.54) is 4.90 Å². The minimum atomic E-state index is -0.641. The van der Waals surface area contributed by atoms with E-state index in [1.54, 1.807) is 20.2 Å². The highest BCUT2D eigenvalue weighted by molar-refractivity contribution is 5.85. The third kappa shape index (κ3) is 4.12. The molecule has 2 aliphatic heterocycles. The van der Waals surface area contributed by atoms with Gasteiger partial charge in [-0.25, -0.2) is 0 Å². The highest BCUT2D eigenvalue weighted by atomic mass is 16.5. The van der Waals surface area contributed by atoms with E-state index in [9.17, 15) is 14.9 Å². The maximum absolute atomic E-state index is 12.9. The summed E-state index contributed by atoms with van der Waals surface area (Å²) in [6.45, 7) is 1.06. The zero-order valence-corrected chi connectivity index (χ0v) is 15.7. The van der Waals surface area contributed by atoms with Crippen LogP contribution in [-0.4, -0.2) is 56.2 Å². The smallest absolute Gasteiger partial charge is 0.251 e. The Morgan fingerprint density at radius 1 is 1.22 bits per heavy atom. The summed E-state index contributed by atoms with van der Waals surface area (Å²) in [5.74, 6) is -0.332. The van der Waals surface area contributed by atoms with E-state index in [-0.39, 0.29) is 11.8 Å². The minimum Gasteiger partial charge on any atom is -0.381 e. The van der Waals surface area contributed by atoms with Gasteiger partial charge >= 0.3 is 0 Å². The molecule has 2 aliphatic rings. The summed E-state index contributed by atoms with van der Waals surface area (Å²) < 4.78 is 11.2. The van der Waals surface area contributed by atoms with Gasteiger partial charge in [-0.1, -0.05) is 12.1 Å². The Labute approximate surface area is 159 Å². The number of nitrogens with one attached hydrogen (secondary N) is 1. The largest absolute Gasteiger partial charge is 0.381 e. The van der Waals surface area contributed by atoms with Crippen LogP contribution in [0.25, 0.3) is 0 Å². The lowest BCUT2D eigenvalue weighted by Gasteiger charge is -2.39. The predicted molar refractivity (Wildman–Crippen MR) is 97.6 cm³/mol. The second-order valence-electron chi connectivity index (χ2n) is 7.30. The van der Waals surface area contributed by atoms with Crippen LogP contribution in [0.15, 0.2) is 24.3 Å². The van der Waals surface area contributed by atoms with Gasteiger partial charge in [-0.15, -0.1) is 0 Å². The highest BCUT2D eigenvalue weighted by Crippen LogP contribution is 2.33. The first-order valence-electron chi connectivity index (χ1n) is 9.22. The molecule has 0 unspecified atom stereocenters. The molecule has 3 rings (SSSR count). The zero-order valence-electron chi connectivity index (χ0n) is 15.7. The number of benzene rings is 1. The van der Waals surface area contributed by atoms with Crippen LogP contribution in [-0.2, 0) is 24.6 Å². The first kappa shape index (κ1) is 19.3. The summed E-state index contributed by atoms with van der Waals surface area (Å²) in [5, 5.41) is 12.4. The van der Waals surface area contributed by atoms with Crippen molar-refractivity contribution in [2.75, 3.05) is 27.3 Å². The topological polar surface area (TPSA) is 91.7 Å². The van der Waals surface area contributed by atoms with Crippen molar-refractivity contribution in [2.24, 2.45) is 0 Å². The predicted octanol–water partition coefficient (Wildman–Crippen LogP) is 1.32. The summed E-state index contributed by atoms with van der Waals surface area (Å²) in [4.78, 5) is 26.5. The number of hydrogen-bond acceptors (Lipinski definition) is 5. The van der Waals surface area contributed by atoms with Crippen molar-refractivity contribution in [3.05, 3.63) is 35.4 Å². The SMILES string of the molecule is CN(C)C(=O)[C@@H]1CC[C@H](C(=O)NC2(c3cccc(C#N)c3)CCOCC2)O1. The van der Waals surface area contributed by atoms with Gasteiger partial charge in [0.1, 0.15) is 12.2 Å². The third-order valence-corrected chi connectivity index (χ3v) is 5.28. The number of carbonyl (C=O) groups excluding carboxylic acids is 2. The van der Waals surface area contributed by atoms with E-state index in [2.05, 4.69) is 11.4 Å². The third-order valence-electron chi connectivity index (χ3n) is 5.28. The molecule has 2 amide bonds. The van der Waals surface area contributed by atoms with Crippen molar-refractivity contribution in [1.82, 2.24) is 10.2 Å². The van der Waals surface area contributed by atoms with Gasteiger partial charge in [-0.05, 0) is 43.4 Å². The normalized spacial score (nSPS) is 24.0. The number of carbonyl (C=O) groups is 2. The zero-order chi connectivity index (χ0) is 19.4. The monoisotopic (exact) mass is 371 g/mol. The number of likely N-dealkylation sites (N-methyl/N-ethyl adjacent to an activating group) is 1. The van der Waals surface area contributed by atoms with Crippen molar-refractivity contribution in [3.63, 3.8) is 0 Å². The van der Waals surface area contributed by atoms with Crippen LogP contribution in [0.5, 0.6) is 0 Å². The minimum absolute atomic E-state index is 0.118. The lowest BCUT2D eigenvalue weighted by Crippen LogP contribution is -2.52. The van der Waals surface area contributed by atoms with Crippen LogP contribution in [0, 0.1) is 11.3 Å². The molecule has 2 atom stereocenters. The van der Waals surface area contributed by atoms with Gasteiger partial charge in [-0.2, -0.15) is 5.26 Å². The quantitative estimate of drug-likeness (QED) is 0.862. The second kappa shape index (κ2) is 8.07. The van der Waals surface area contributed by atoms with E-state index < -0.39 is 17.7 Å². The fourth-order valence-electron chi connectivity index (χ4n) is 3.71. The highest BCUT2D eigenvalue weighted by Gasteiger charge is 2.41. The lowest BCUT2D eigenvalue weighted by atomic mass is 9.81. The fourth-order valence-corrected chi connectivity index (χ4v) is 3.71. The van der Waals surface area contributed by atoms with Gasteiger partial charge in [0.05, 0.1) is 17.2 Å². The molecule has 1 N–H and O–H groups in total. The average molecular weight is 371 g/mol. The molecule has 144 valence electrons. The van der Waals surface area contributed by atoms with E-state index in [4.69, 9.17) is 9.47 Å². The number of nitriles is 1. The molecule has 0 spiro atoms. The molecule has 7 heteroatoms. The number of nitrogens with zero attached hydrogens (tertiary/aromatic N) is 2. The van der Waals surface area contributed by atoms with Crippen molar-refractivity contribution in [3.8, 4) is 6.07 Å². The molecule has 0 aliphatic carbocycles. The first-order chi connectivity index (χ1) is 12.9. The first-order valence-corrected chi connectivity index (χ1v) is 9.22. The average Bonchev–Trinajstić information content (AvgIpc) is 3.18. The molecule has 27 heavy (non-hydrogen) atoms. The summed E-state index contributed by atoms with van der Waals surface area (Å²) in [6.07, 6.45) is 1.10. The summed E-state index contributed by atoms with van der Waals surface area (Å²) in [7, 11) is 3.36. The van der Waals surface area contributed by atoms with E-state index in [1.807, 2.05) is 18.2 Å². The van der Waals surface area contributed by atoms with Gasteiger partial charge in [0, 0.05) is 27.3 Å². The van der Waals surface area contributed by atoms with E-state index >= 15 is 0 Å². The van der Waals surface area contributed by atoms with Crippen molar-refractivity contribution < 1.29 is 19.1 Å². The van der Waals surface area contributed by atoms with Gasteiger partial charge in [0.25, 0.3) is 5.91 Å². The van der Waals surface area contributed by atoms with Crippen molar-refractivity contribution in [2.45, 2.75) is 43.4 Å². The molecule has 2 fully saturated rings. The van der Waals surface area contributed by atoms with Gasteiger partial charge < -0.3 is 19.7 Å². The Hall–Kier alpha value is -2.43. The van der Waals surface area contributed by atoms with E-state index in [0.29, 0.717) is 44.5 Å². The Morgan fingerprint density at radius 3 is 2.59 bits per heavy atom. The summed E-state index contributed by atoms with van der Waals surface area (Å²) in [5.41, 5.74) is 0.869. The maximum atomic E-state index is 12.9. The molecule has 0 aromatic heterocycles. The van der Waals surface area contributed by atoms with Crippen LogP contribution in [0.3, 0.4) is 0 Å². The van der Waals surface area contributed by atoms with Crippen LogP contribution >= 0.6 is 0 Å². The molecule has 2 heterocycles. The Morgan fingerprint density at radius 2 is 1.93 bits per heavy atom. The molecule has 0 bridgehead atoms. The summed E-state index contributed by atoms with van der Waals surface area (Å²) in [6, 6.07) is 9.47. The molecular formula is C20H25N3O4. The van der Waals surface area contributed by atoms with Gasteiger partial charge in [0.2, 0.25) is 5.91 Å². The van der Waals surface area contributed by atoms with E-state index in [0.717, 1.165) is 5.56 Å². The Kier molecular flexibility index (Phi) is 5.78. The maximum Gasteiger partial charge on any atom is 0.251 e. The fraction of sp³-hybridized carbons (Fsp3) is 0.550. The Bertz CT molecular complexity index is 750. The standard InChI is InChI=1S/C20H25N3O4/c1-23(2)19(25)17-7-6-16(27-17)18(24)22-20(8-10-26-11-9-20)15-5-3-4-14(12-15)13-21/h3-5,12,16-17H,6-11H2,1-2H3,(H,22,24)/t16-,17+/m1/s1. The van der Waals surface area contributed by atoms with Crippen LogP contribution < -0.4 is 5.32 Å². The Balaban J connectivity index is 1.76. The molecule has 7 nitrogen and oxygen atoms in total. The molecular weight excluding hydrogens is 346 g/mol. The molecule has 0 radical (unpaired) electrons. The van der Waals surface area contributed by atoms with Crippen molar-refractivity contribution >= 4 is 11.8 Å². The lowest BCUT2D eigenvalue weighted by molar-refractivity contribution is -0.145. The van der Waals surface area contributed by atoms with Crippen LogP contribution in [0.1, 0.15) is 36.8 Å². The van der Waals surface area contributed by atoms with Crippen molar-refractivity contribution in [1.29, 1.82) is 5.26 Å². The number of rotatable bonds is 4.